The summed E-state index contributed by atoms with van der Waals surface area (Å²) in [4.78, 5) is 34.8. The summed E-state index contributed by atoms with van der Waals surface area (Å²) < 4.78 is 9.80. The van der Waals surface area contributed by atoms with Crippen molar-refractivity contribution in [1.29, 1.82) is 0 Å². The van der Waals surface area contributed by atoms with Crippen LogP contribution in [-0.2, 0) is 19.1 Å². The van der Waals surface area contributed by atoms with Gasteiger partial charge >= 0.3 is 11.9 Å². The third-order valence-electron chi connectivity index (χ3n) is 2.64. The molecule has 0 aromatic heterocycles. The lowest BCUT2D eigenvalue weighted by molar-refractivity contribution is -0.154. The minimum atomic E-state index is -1.36. The monoisotopic (exact) mass is 279 g/mol. The molecular weight excluding hydrogens is 262 g/mol. The molecule has 0 aliphatic rings. The van der Waals surface area contributed by atoms with Gasteiger partial charge in [-0.25, -0.2) is 4.79 Å². The predicted octanol–water partition coefficient (Wildman–Crippen LogP) is 0.897. The molecule has 0 spiro atoms. The maximum Gasteiger partial charge on any atom is 0.338 e. The van der Waals surface area contributed by atoms with Crippen molar-refractivity contribution in [2.75, 3.05) is 6.61 Å². The first kappa shape index (κ1) is 15.7. The molecular formula is C14H17NO5. The Morgan fingerprint density at radius 2 is 1.80 bits per heavy atom. The molecule has 1 amide bonds. The van der Waals surface area contributed by atoms with E-state index < -0.39 is 29.9 Å². The van der Waals surface area contributed by atoms with Gasteiger partial charge in [0, 0.05) is 0 Å². The SMILES string of the molecule is CCOC(=O)C(C)C(OC(=O)c1ccccc1)C(N)=O. The van der Waals surface area contributed by atoms with Gasteiger partial charge in [-0.1, -0.05) is 18.2 Å². The number of carbonyl (C=O) groups excluding carboxylic acids is 3. The van der Waals surface area contributed by atoms with Crippen LogP contribution in [0, 0.1) is 5.92 Å². The Morgan fingerprint density at radius 1 is 1.20 bits per heavy atom. The zero-order valence-corrected chi connectivity index (χ0v) is 11.4. The van der Waals surface area contributed by atoms with Crippen LogP contribution in [0.4, 0.5) is 0 Å². The molecule has 20 heavy (non-hydrogen) atoms. The van der Waals surface area contributed by atoms with Gasteiger partial charge in [0.1, 0.15) is 5.92 Å². The first-order chi connectivity index (χ1) is 9.47. The number of primary amides is 1. The Hall–Kier alpha value is -2.37. The maximum absolute atomic E-state index is 11.9. The molecule has 0 bridgehead atoms. The predicted molar refractivity (Wildman–Crippen MR) is 70.6 cm³/mol. The minimum Gasteiger partial charge on any atom is -0.466 e. The van der Waals surface area contributed by atoms with E-state index in [0.29, 0.717) is 0 Å². The third-order valence-corrected chi connectivity index (χ3v) is 2.64. The lowest BCUT2D eigenvalue weighted by Gasteiger charge is -2.20. The fourth-order valence-electron chi connectivity index (χ4n) is 1.56. The fraction of sp³-hybridized carbons (Fsp3) is 0.357. The average Bonchev–Trinajstić information content (AvgIpc) is 2.44. The molecule has 2 atom stereocenters. The molecule has 0 saturated carbocycles. The van der Waals surface area contributed by atoms with Crippen LogP contribution < -0.4 is 5.73 Å². The van der Waals surface area contributed by atoms with E-state index in [-0.39, 0.29) is 12.2 Å². The number of amides is 1. The van der Waals surface area contributed by atoms with Crippen molar-refractivity contribution >= 4 is 17.8 Å². The quantitative estimate of drug-likeness (QED) is 0.780. The highest BCUT2D eigenvalue weighted by Crippen LogP contribution is 2.13. The van der Waals surface area contributed by atoms with E-state index in [2.05, 4.69) is 0 Å². The van der Waals surface area contributed by atoms with E-state index in [1.165, 1.54) is 19.1 Å². The Balaban J connectivity index is 2.80. The van der Waals surface area contributed by atoms with Crippen LogP contribution in [0.3, 0.4) is 0 Å². The molecule has 0 fully saturated rings. The van der Waals surface area contributed by atoms with Gasteiger partial charge in [-0.2, -0.15) is 0 Å². The van der Waals surface area contributed by atoms with Crippen LogP contribution in [-0.4, -0.2) is 30.6 Å². The fourth-order valence-corrected chi connectivity index (χ4v) is 1.56. The van der Waals surface area contributed by atoms with Gasteiger partial charge in [-0.05, 0) is 26.0 Å². The van der Waals surface area contributed by atoms with Crippen molar-refractivity contribution in [3.63, 3.8) is 0 Å². The van der Waals surface area contributed by atoms with Crippen molar-refractivity contribution in [1.82, 2.24) is 0 Å². The Labute approximate surface area is 116 Å². The van der Waals surface area contributed by atoms with Gasteiger partial charge in [-0.3, -0.25) is 9.59 Å². The van der Waals surface area contributed by atoms with E-state index in [1.54, 1.807) is 25.1 Å². The van der Waals surface area contributed by atoms with Crippen LogP contribution in [0.15, 0.2) is 30.3 Å². The van der Waals surface area contributed by atoms with Crippen molar-refractivity contribution in [3.8, 4) is 0 Å². The van der Waals surface area contributed by atoms with Crippen LogP contribution >= 0.6 is 0 Å². The molecule has 0 aliphatic heterocycles. The van der Waals surface area contributed by atoms with Crippen LogP contribution in [0.25, 0.3) is 0 Å². The van der Waals surface area contributed by atoms with Gasteiger partial charge in [0.2, 0.25) is 0 Å². The Morgan fingerprint density at radius 3 is 2.30 bits per heavy atom. The van der Waals surface area contributed by atoms with Gasteiger partial charge in [-0.15, -0.1) is 0 Å². The lowest BCUT2D eigenvalue weighted by atomic mass is 10.0. The summed E-state index contributed by atoms with van der Waals surface area (Å²) in [6.45, 7) is 3.23. The number of hydrogen-bond donors (Lipinski definition) is 1. The number of nitrogens with two attached hydrogens (primary N) is 1. The second-order valence-corrected chi connectivity index (χ2v) is 4.14. The second-order valence-electron chi connectivity index (χ2n) is 4.14. The summed E-state index contributed by atoms with van der Waals surface area (Å²) in [6.07, 6.45) is -1.36. The number of carbonyl (C=O) groups is 3. The van der Waals surface area contributed by atoms with Crippen molar-refractivity contribution in [2.45, 2.75) is 20.0 Å². The maximum atomic E-state index is 11.9. The molecule has 1 rings (SSSR count). The third kappa shape index (κ3) is 4.08. The minimum absolute atomic E-state index is 0.168. The highest BCUT2D eigenvalue weighted by atomic mass is 16.6. The first-order valence-corrected chi connectivity index (χ1v) is 6.19. The van der Waals surface area contributed by atoms with Gasteiger partial charge in [0.15, 0.2) is 6.10 Å². The van der Waals surface area contributed by atoms with Gasteiger partial charge in [0.25, 0.3) is 5.91 Å². The summed E-state index contributed by atoms with van der Waals surface area (Å²) in [7, 11) is 0. The van der Waals surface area contributed by atoms with Crippen molar-refractivity contribution in [3.05, 3.63) is 35.9 Å². The van der Waals surface area contributed by atoms with Crippen LogP contribution in [0.5, 0.6) is 0 Å². The van der Waals surface area contributed by atoms with Gasteiger partial charge in [0.05, 0.1) is 12.2 Å². The Kier molecular flexibility index (Phi) is 5.71. The number of ether oxygens (including phenoxy) is 2. The van der Waals surface area contributed by atoms with E-state index in [4.69, 9.17) is 15.2 Å². The molecule has 0 radical (unpaired) electrons. The first-order valence-electron chi connectivity index (χ1n) is 6.19. The molecule has 2 unspecified atom stereocenters. The highest BCUT2D eigenvalue weighted by molar-refractivity contribution is 5.93. The normalized spacial score (nSPS) is 13.1. The number of esters is 2. The smallest absolute Gasteiger partial charge is 0.338 e. The number of rotatable bonds is 6. The van der Waals surface area contributed by atoms with Crippen LogP contribution in [0.2, 0.25) is 0 Å². The topological polar surface area (TPSA) is 95.7 Å². The second kappa shape index (κ2) is 7.28. The van der Waals surface area contributed by atoms with E-state index in [0.717, 1.165) is 0 Å². The van der Waals surface area contributed by atoms with Gasteiger partial charge < -0.3 is 15.2 Å². The molecule has 6 heteroatoms. The Bertz CT molecular complexity index is 486. The van der Waals surface area contributed by atoms with E-state index in [1.807, 2.05) is 0 Å². The molecule has 108 valence electrons. The van der Waals surface area contributed by atoms with Crippen LogP contribution in [0.1, 0.15) is 24.2 Å². The highest BCUT2D eigenvalue weighted by Gasteiger charge is 2.33. The largest absolute Gasteiger partial charge is 0.466 e. The zero-order chi connectivity index (χ0) is 15.1. The zero-order valence-electron chi connectivity index (χ0n) is 11.4. The molecule has 0 heterocycles. The molecule has 6 nitrogen and oxygen atoms in total. The summed E-state index contributed by atoms with van der Waals surface area (Å²) in [6, 6.07) is 8.13. The van der Waals surface area contributed by atoms with Crippen molar-refractivity contribution in [2.24, 2.45) is 11.7 Å². The molecule has 2 N–H and O–H groups in total. The molecule has 0 saturated heterocycles. The van der Waals surface area contributed by atoms with E-state index in [9.17, 15) is 14.4 Å². The summed E-state index contributed by atoms with van der Waals surface area (Å²) in [5, 5.41) is 0. The summed E-state index contributed by atoms with van der Waals surface area (Å²) >= 11 is 0. The number of hydrogen-bond acceptors (Lipinski definition) is 5. The molecule has 1 aromatic rings. The average molecular weight is 279 g/mol. The molecule has 1 aromatic carbocycles. The standard InChI is InChI=1S/C14H17NO5/c1-3-19-13(17)9(2)11(12(15)16)20-14(18)10-7-5-4-6-8-10/h4-9,11H,3H2,1-2H3,(H2,15,16). The van der Waals surface area contributed by atoms with E-state index >= 15 is 0 Å². The summed E-state index contributed by atoms with van der Waals surface area (Å²) in [5.41, 5.74) is 5.45. The lowest BCUT2D eigenvalue weighted by Crippen LogP contribution is -2.42. The summed E-state index contributed by atoms with van der Waals surface area (Å²) in [5.74, 6) is -3.21. The molecule has 0 aliphatic carbocycles. The van der Waals surface area contributed by atoms with Crippen molar-refractivity contribution < 1.29 is 23.9 Å². The number of benzene rings is 1.